The molecule has 0 bridgehead atoms. The molecule has 4 nitrogen and oxygen atoms in total. The van der Waals surface area contributed by atoms with E-state index in [0.717, 1.165) is 0 Å². The van der Waals surface area contributed by atoms with Gasteiger partial charge in [0.15, 0.2) is 0 Å². The third-order valence-electron chi connectivity index (χ3n) is 2.30. The first-order valence-corrected chi connectivity index (χ1v) is 4.79. The van der Waals surface area contributed by atoms with Crippen LogP contribution in [0.25, 0.3) is 0 Å². The number of ether oxygens (including phenoxy) is 1. The number of hydrogen-bond acceptors (Lipinski definition) is 4. The minimum atomic E-state index is -0.789. The van der Waals surface area contributed by atoms with Crippen LogP contribution in [0.2, 0.25) is 0 Å². The van der Waals surface area contributed by atoms with Gasteiger partial charge in [-0.05, 0) is 24.1 Å². The summed E-state index contributed by atoms with van der Waals surface area (Å²) >= 11 is 0. The van der Waals surface area contributed by atoms with Crippen LogP contribution in [0.4, 0.5) is 0 Å². The summed E-state index contributed by atoms with van der Waals surface area (Å²) in [6.07, 6.45) is -0.847. The van der Waals surface area contributed by atoms with Gasteiger partial charge in [-0.3, -0.25) is 0 Å². The lowest BCUT2D eigenvalue weighted by molar-refractivity contribution is -0.0253. The molecule has 0 amide bonds. The second kappa shape index (κ2) is 5.70. The van der Waals surface area contributed by atoms with Crippen molar-refractivity contribution >= 4 is 0 Å². The number of aliphatic hydroxyl groups is 2. The second-order valence-electron chi connectivity index (χ2n) is 3.32. The van der Waals surface area contributed by atoms with E-state index in [2.05, 4.69) is 0 Å². The molecule has 0 aliphatic carbocycles. The van der Waals surface area contributed by atoms with Gasteiger partial charge in [-0.2, -0.15) is 0 Å². The highest BCUT2D eigenvalue weighted by Gasteiger charge is 2.19. The molecule has 15 heavy (non-hydrogen) atoms. The molecule has 1 rings (SSSR count). The lowest BCUT2D eigenvalue weighted by Gasteiger charge is -2.21. The van der Waals surface area contributed by atoms with Crippen LogP contribution in [0.15, 0.2) is 24.3 Å². The Morgan fingerprint density at radius 2 is 1.87 bits per heavy atom. The average Bonchev–Trinajstić information content (AvgIpc) is 2.26. The first-order valence-electron chi connectivity index (χ1n) is 4.79. The van der Waals surface area contributed by atoms with Crippen molar-refractivity contribution in [3.63, 3.8) is 0 Å². The number of phenols is 1. The summed E-state index contributed by atoms with van der Waals surface area (Å²) in [6, 6.07) is 6.27. The molecule has 84 valence electrons. The van der Waals surface area contributed by atoms with E-state index in [1.54, 1.807) is 12.1 Å². The fourth-order valence-electron chi connectivity index (χ4n) is 1.42. The van der Waals surface area contributed by atoms with Gasteiger partial charge in [0.25, 0.3) is 0 Å². The summed E-state index contributed by atoms with van der Waals surface area (Å²) in [5.41, 5.74) is 0.660. The van der Waals surface area contributed by atoms with Crippen molar-refractivity contribution in [3.05, 3.63) is 29.8 Å². The molecule has 0 aliphatic rings. The van der Waals surface area contributed by atoms with E-state index in [1.165, 1.54) is 19.2 Å². The zero-order chi connectivity index (χ0) is 11.3. The third-order valence-corrected chi connectivity index (χ3v) is 2.30. The Morgan fingerprint density at radius 1 is 1.27 bits per heavy atom. The minimum Gasteiger partial charge on any atom is -0.508 e. The predicted octanol–water partition coefficient (Wildman–Crippen LogP) is 0.823. The Balaban J connectivity index is 2.73. The molecule has 1 aromatic carbocycles. The van der Waals surface area contributed by atoms with Gasteiger partial charge in [-0.1, -0.05) is 12.1 Å². The van der Waals surface area contributed by atoms with Crippen LogP contribution < -0.4 is 0 Å². The number of benzene rings is 1. The number of hydrogen-bond donors (Lipinski definition) is 3. The van der Waals surface area contributed by atoms with Crippen molar-refractivity contribution < 1.29 is 20.1 Å². The van der Waals surface area contributed by atoms with Gasteiger partial charge in [0.2, 0.25) is 0 Å². The molecule has 0 aliphatic heterocycles. The van der Waals surface area contributed by atoms with Crippen LogP contribution in [0.3, 0.4) is 0 Å². The zero-order valence-corrected chi connectivity index (χ0v) is 8.63. The average molecular weight is 212 g/mol. The smallest absolute Gasteiger partial charge is 0.115 e. The Kier molecular flexibility index (Phi) is 4.55. The fraction of sp³-hybridized carbons (Fsp3) is 0.455. The molecular weight excluding hydrogens is 196 g/mol. The maximum Gasteiger partial charge on any atom is 0.115 e. The zero-order valence-electron chi connectivity index (χ0n) is 8.63. The van der Waals surface area contributed by atoms with E-state index in [-0.39, 0.29) is 12.4 Å². The summed E-state index contributed by atoms with van der Waals surface area (Å²) < 4.78 is 5.06. The standard InChI is InChI=1S/C11H16O4/c1-15-10(6-7-12)11(14)8-2-4-9(13)5-3-8/h2-5,10-14H,6-7H2,1H3/t10-,11-/m0/s1. The Labute approximate surface area is 88.8 Å². The molecule has 0 unspecified atom stereocenters. The highest BCUT2D eigenvalue weighted by molar-refractivity contribution is 5.27. The first-order chi connectivity index (χ1) is 7.19. The molecule has 0 saturated carbocycles. The van der Waals surface area contributed by atoms with Crippen molar-refractivity contribution in [2.75, 3.05) is 13.7 Å². The largest absolute Gasteiger partial charge is 0.508 e. The van der Waals surface area contributed by atoms with E-state index in [9.17, 15) is 5.11 Å². The van der Waals surface area contributed by atoms with E-state index in [1.807, 2.05) is 0 Å². The third kappa shape index (κ3) is 3.20. The molecular formula is C11H16O4. The van der Waals surface area contributed by atoms with Crippen LogP contribution in [0.1, 0.15) is 18.1 Å². The SMILES string of the molecule is CO[C@@H](CCO)[C@@H](O)c1ccc(O)cc1. The molecule has 0 radical (unpaired) electrons. The van der Waals surface area contributed by atoms with Gasteiger partial charge in [0, 0.05) is 13.7 Å². The number of methoxy groups -OCH3 is 1. The van der Waals surface area contributed by atoms with Gasteiger partial charge in [-0.15, -0.1) is 0 Å². The Hall–Kier alpha value is -1.10. The van der Waals surface area contributed by atoms with Gasteiger partial charge >= 0.3 is 0 Å². The Bertz CT molecular complexity index is 283. The van der Waals surface area contributed by atoms with E-state index in [0.29, 0.717) is 12.0 Å². The summed E-state index contributed by atoms with van der Waals surface area (Å²) in [5, 5.41) is 27.7. The molecule has 1 aromatic rings. The maximum atomic E-state index is 9.88. The van der Waals surface area contributed by atoms with Crippen molar-refractivity contribution in [2.24, 2.45) is 0 Å². The number of phenolic OH excluding ortho intramolecular Hbond substituents is 1. The van der Waals surface area contributed by atoms with E-state index >= 15 is 0 Å². The molecule has 0 aromatic heterocycles. The first kappa shape index (κ1) is 12.0. The van der Waals surface area contributed by atoms with Gasteiger partial charge < -0.3 is 20.1 Å². The van der Waals surface area contributed by atoms with Gasteiger partial charge in [0.1, 0.15) is 11.9 Å². The number of aliphatic hydroxyl groups excluding tert-OH is 2. The highest BCUT2D eigenvalue weighted by atomic mass is 16.5. The lowest BCUT2D eigenvalue weighted by Crippen LogP contribution is -2.22. The van der Waals surface area contributed by atoms with E-state index < -0.39 is 12.2 Å². The topological polar surface area (TPSA) is 69.9 Å². The highest BCUT2D eigenvalue weighted by Crippen LogP contribution is 2.22. The number of rotatable bonds is 5. The summed E-state index contributed by atoms with van der Waals surface area (Å²) in [7, 11) is 1.49. The van der Waals surface area contributed by atoms with Gasteiger partial charge in [0.05, 0.1) is 6.10 Å². The molecule has 2 atom stereocenters. The van der Waals surface area contributed by atoms with Crippen LogP contribution in [-0.4, -0.2) is 35.1 Å². The molecule has 0 spiro atoms. The molecule has 4 heteroatoms. The monoisotopic (exact) mass is 212 g/mol. The predicted molar refractivity (Wildman–Crippen MR) is 55.6 cm³/mol. The minimum absolute atomic E-state index is 0.0341. The molecule has 0 heterocycles. The van der Waals surface area contributed by atoms with Crippen molar-refractivity contribution in [2.45, 2.75) is 18.6 Å². The molecule has 3 N–H and O–H groups in total. The van der Waals surface area contributed by atoms with Crippen LogP contribution in [-0.2, 0) is 4.74 Å². The maximum absolute atomic E-state index is 9.88. The van der Waals surface area contributed by atoms with E-state index in [4.69, 9.17) is 14.9 Å². The van der Waals surface area contributed by atoms with Crippen molar-refractivity contribution in [3.8, 4) is 5.75 Å². The summed E-state index contributed by atoms with van der Waals surface area (Å²) in [5.74, 6) is 0.155. The van der Waals surface area contributed by atoms with Gasteiger partial charge in [-0.25, -0.2) is 0 Å². The van der Waals surface area contributed by atoms with Crippen LogP contribution in [0, 0.1) is 0 Å². The van der Waals surface area contributed by atoms with Crippen molar-refractivity contribution in [1.82, 2.24) is 0 Å². The second-order valence-corrected chi connectivity index (χ2v) is 3.32. The molecule has 0 saturated heterocycles. The van der Waals surface area contributed by atoms with Crippen LogP contribution >= 0.6 is 0 Å². The quantitative estimate of drug-likeness (QED) is 0.676. The summed E-state index contributed by atoms with van der Waals surface area (Å²) in [6.45, 7) is -0.0341. The summed E-state index contributed by atoms with van der Waals surface area (Å²) in [4.78, 5) is 0. The van der Waals surface area contributed by atoms with Crippen molar-refractivity contribution in [1.29, 1.82) is 0 Å². The normalized spacial score (nSPS) is 14.9. The number of aromatic hydroxyl groups is 1. The Morgan fingerprint density at radius 3 is 2.33 bits per heavy atom. The van der Waals surface area contributed by atoms with Crippen LogP contribution in [0.5, 0.6) is 5.75 Å². The fourth-order valence-corrected chi connectivity index (χ4v) is 1.42. The lowest BCUT2D eigenvalue weighted by atomic mass is 10.0. The molecule has 0 fully saturated rings.